The number of carbonyl (C=O) groups excluding carboxylic acids is 1. The summed E-state index contributed by atoms with van der Waals surface area (Å²) >= 11 is 0. The number of aliphatic hydroxyl groups is 1. The molecule has 0 saturated heterocycles. The summed E-state index contributed by atoms with van der Waals surface area (Å²) in [6, 6.07) is 10.3. The van der Waals surface area contributed by atoms with Crippen molar-refractivity contribution in [2.45, 2.75) is 50.2 Å². The Kier molecular flexibility index (Phi) is 3.79. The van der Waals surface area contributed by atoms with Gasteiger partial charge in [-0.05, 0) is 30.7 Å². The van der Waals surface area contributed by atoms with Gasteiger partial charge in [-0.3, -0.25) is 4.79 Å². The van der Waals surface area contributed by atoms with Gasteiger partial charge in [0.25, 0.3) is 0 Å². The van der Waals surface area contributed by atoms with Crippen LogP contribution in [0.2, 0.25) is 0 Å². The molecule has 2 aliphatic carbocycles. The van der Waals surface area contributed by atoms with Crippen LogP contribution in [0.4, 0.5) is 0 Å². The molecule has 20 heavy (non-hydrogen) atoms. The van der Waals surface area contributed by atoms with Gasteiger partial charge in [0.15, 0.2) is 0 Å². The highest BCUT2D eigenvalue weighted by molar-refractivity contribution is 5.83. The van der Waals surface area contributed by atoms with Gasteiger partial charge in [-0.15, -0.1) is 0 Å². The molecule has 1 aromatic rings. The van der Waals surface area contributed by atoms with E-state index >= 15 is 0 Å². The highest BCUT2D eigenvalue weighted by atomic mass is 16.3. The van der Waals surface area contributed by atoms with Crippen molar-refractivity contribution in [1.29, 1.82) is 0 Å². The molecule has 4 atom stereocenters. The molecule has 2 fully saturated rings. The van der Waals surface area contributed by atoms with Crippen LogP contribution < -0.4 is 0 Å². The summed E-state index contributed by atoms with van der Waals surface area (Å²) in [5.41, 5.74) is 1.27. The van der Waals surface area contributed by atoms with Gasteiger partial charge < -0.3 is 10.0 Å². The summed E-state index contributed by atoms with van der Waals surface area (Å²) < 4.78 is 0. The van der Waals surface area contributed by atoms with E-state index in [1.165, 1.54) is 5.56 Å². The fourth-order valence-electron chi connectivity index (χ4n) is 3.51. The van der Waals surface area contributed by atoms with Gasteiger partial charge in [-0.2, -0.15) is 0 Å². The van der Waals surface area contributed by atoms with Crippen molar-refractivity contribution in [3.8, 4) is 0 Å². The predicted molar refractivity (Wildman–Crippen MR) is 78.3 cm³/mol. The second kappa shape index (κ2) is 5.57. The van der Waals surface area contributed by atoms with Crippen molar-refractivity contribution in [2.75, 3.05) is 7.05 Å². The molecule has 2 saturated carbocycles. The molecule has 3 rings (SSSR count). The van der Waals surface area contributed by atoms with Crippen LogP contribution >= 0.6 is 0 Å². The van der Waals surface area contributed by atoms with Gasteiger partial charge in [-0.1, -0.05) is 43.2 Å². The number of nitrogens with zero attached hydrogens (tertiary/aromatic N) is 1. The number of hydrogen-bond donors (Lipinski definition) is 1. The van der Waals surface area contributed by atoms with E-state index in [4.69, 9.17) is 0 Å². The lowest BCUT2D eigenvalue weighted by Crippen LogP contribution is -2.47. The largest absolute Gasteiger partial charge is 0.391 e. The average Bonchev–Trinajstić information content (AvgIpc) is 3.28. The van der Waals surface area contributed by atoms with Crippen LogP contribution in [0.1, 0.15) is 43.6 Å². The zero-order valence-electron chi connectivity index (χ0n) is 12.0. The van der Waals surface area contributed by atoms with E-state index in [1.807, 2.05) is 30.1 Å². The Labute approximate surface area is 120 Å². The minimum Gasteiger partial charge on any atom is -0.391 e. The lowest BCUT2D eigenvalue weighted by Gasteiger charge is -2.35. The maximum absolute atomic E-state index is 12.5. The molecule has 0 heterocycles. The van der Waals surface area contributed by atoms with Gasteiger partial charge in [0.05, 0.1) is 12.1 Å². The van der Waals surface area contributed by atoms with Crippen molar-refractivity contribution in [2.24, 2.45) is 5.92 Å². The number of hydrogen-bond acceptors (Lipinski definition) is 2. The molecule has 0 bridgehead atoms. The molecule has 1 aromatic carbocycles. The molecule has 3 heteroatoms. The van der Waals surface area contributed by atoms with E-state index in [0.717, 1.165) is 32.1 Å². The van der Waals surface area contributed by atoms with Crippen LogP contribution in [0.25, 0.3) is 0 Å². The van der Waals surface area contributed by atoms with Crippen LogP contribution in [0.15, 0.2) is 30.3 Å². The first-order chi connectivity index (χ1) is 9.68. The topological polar surface area (TPSA) is 40.5 Å². The minimum atomic E-state index is -0.341. The van der Waals surface area contributed by atoms with E-state index in [0.29, 0.717) is 5.92 Å². The van der Waals surface area contributed by atoms with Crippen LogP contribution in [0.3, 0.4) is 0 Å². The molecule has 0 radical (unpaired) electrons. The number of amides is 1. The van der Waals surface area contributed by atoms with Gasteiger partial charge >= 0.3 is 0 Å². The van der Waals surface area contributed by atoms with Crippen LogP contribution in [0, 0.1) is 5.92 Å². The standard InChI is InChI=1S/C17H23NO2/c1-18(15-9-5-6-10-16(15)19)17(20)14-11-13(14)12-7-3-2-4-8-12/h2-4,7-8,13-16,19H,5-6,9-11H2,1H3. The lowest BCUT2D eigenvalue weighted by atomic mass is 9.91. The maximum atomic E-state index is 12.5. The molecule has 2 aliphatic rings. The minimum absolute atomic E-state index is 0.0215. The van der Waals surface area contributed by atoms with E-state index in [-0.39, 0.29) is 24.0 Å². The molecule has 0 aliphatic heterocycles. The fraction of sp³-hybridized carbons (Fsp3) is 0.588. The second-order valence-corrected chi connectivity index (χ2v) is 6.23. The van der Waals surface area contributed by atoms with Crippen LogP contribution in [-0.4, -0.2) is 35.1 Å². The molecule has 4 unspecified atom stereocenters. The van der Waals surface area contributed by atoms with Crippen molar-refractivity contribution < 1.29 is 9.90 Å². The molecular formula is C17H23NO2. The zero-order chi connectivity index (χ0) is 14.1. The summed E-state index contributed by atoms with van der Waals surface area (Å²) in [6.07, 6.45) is 4.57. The van der Waals surface area contributed by atoms with Crippen LogP contribution in [-0.2, 0) is 4.79 Å². The Morgan fingerprint density at radius 2 is 1.90 bits per heavy atom. The molecule has 1 N–H and O–H groups in total. The van der Waals surface area contributed by atoms with E-state index in [9.17, 15) is 9.90 Å². The molecule has 0 spiro atoms. The van der Waals surface area contributed by atoms with Gasteiger partial charge in [0.2, 0.25) is 5.91 Å². The first kappa shape index (κ1) is 13.6. The third-order valence-electron chi connectivity index (χ3n) is 4.87. The van der Waals surface area contributed by atoms with Gasteiger partial charge in [-0.25, -0.2) is 0 Å². The Balaban J connectivity index is 1.62. The normalized spacial score (nSPS) is 32.7. The SMILES string of the molecule is CN(C(=O)C1CC1c1ccccc1)C1CCCCC1O. The first-order valence-corrected chi connectivity index (χ1v) is 7.68. The number of rotatable bonds is 3. The molecule has 0 aromatic heterocycles. The van der Waals surface area contributed by atoms with Gasteiger partial charge in [0, 0.05) is 13.0 Å². The average molecular weight is 273 g/mol. The highest BCUT2D eigenvalue weighted by Gasteiger charge is 2.46. The number of aliphatic hydroxyl groups excluding tert-OH is 1. The smallest absolute Gasteiger partial charge is 0.226 e. The lowest BCUT2D eigenvalue weighted by molar-refractivity contribution is -0.136. The number of carbonyl (C=O) groups is 1. The maximum Gasteiger partial charge on any atom is 0.226 e. The monoisotopic (exact) mass is 273 g/mol. The summed E-state index contributed by atoms with van der Waals surface area (Å²) in [5, 5.41) is 10.1. The Hall–Kier alpha value is -1.35. The predicted octanol–water partition coefficient (Wildman–Crippen LogP) is 2.55. The Morgan fingerprint density at radius 3 is 2.60 bits per heavy atom. The fourth-order valence-corrected chi connectivity index (χ4v) is 3.51. The molecular weight excluding hydrogens is 250 g/mol. The Bertz CT molecular complexity index is 473. The summed E-state index contributed by atoms with van der Waals surface area (Å²) in [4.78, 5) is 14.4. The van der Waals surface area contributed by atoms with E-state index < -0.39 is 0 Å². The third kappa shape index (κ3) is 2.59. The van der Waals surface area contributed by atoms with Crippen LogP contribution in [0.5, 0.6) is 0 Å². The quantitative estimate of drug-likeness (QED) is 0.919. The number of likely N-dealkylation sites (N-methyl/N-ethyl adjacent to an activating group) is 1. The highest BCUT2D eigenvalue weighted by Crippen LogP contribution is 2.48. The van der Waals surface area contributed by atoms with Crippen molar-refractivity contribution in [1.82, 2.24) is 4.90 Å². The molecule has 1 amide bonds. The summed E-state index contributed by atoms with van der Waals surface area (Å²) in [7, 11) is 1.86. The van der Waals surface area contributed by atoms with E-state index in [1.54, 1.807) is 0 Å². The number of benzene rings is 1. The van der Waals surface area contributed by atoms with E-state index in [2.05, 4.69) is 12.1 Å². The first-order valence-electron chi connectivity index (χ1n) is 7.68. The van der Waals surface area contributed by atoms with Gasteiger partial charge in [0.1, 0.15) is 0 Å². The summed E-state index contributed by atoms with van der Waals surface area (Å²) in [6.45, 7) is 0. The van der Waals surface area contributed by atoms with Crippen molar-refractivity contribution in [3.63, 3.8) is 0 Å². The third-order valence-corrected chi connectivity index (χ3v) is 4.87. The van der Waals surface area contributed by atoms with Crippen molar-refractivity contribution >= 4 is 5.91 Å². The zero-order valence-corrected chi connectivity index (χ0v) is 12.0. The summed E-state index contributed by atoms with van der Waals surface area (Å²) in [5.74, 6) is 0.716. The molecule has 3 nitrogen and oxygen atoms in total. The second-order valence-electron chi connectivity index (χ2n) is 6.23. The Morgan fingerprint density at radius 1 is 1.20 bits per heavy atom. The molecule has 108 valence electrons. The van der Waals surface area contributed by atoms with Crippen molar-refractivity contribution in [3.05, 3.63) is 35.9 Å².